The molecule has 0 aromatic heterocycles. The van der Waals surface area contributed by atoms with Gasteiger partial charge in [0.2, 0.25) is 0 Å². The van der Waals surface area contributed by atoms with E-state index in [1.807, 2.05) is 0 Å². The van der Waals surface area contributed by atoms with Gasteiger partial charge in [0.25, 0.3) is 5.78 Å². The summed E-state index contributed by atoms with van der Waals surface area (Å²) in [4.78, 5) is 23.0. The normalized spacial score (nSPS) is 9.94. The van der Waals surface area contributed by atoms with Gasteiger partial charge in [0.1, 0.15) is 0 Å². The van der Waals surface area contributed by atoms with Gasteiger partial charge in [0, 0.05) is 5.56 Å². The summed E-state index contributed by atoms with van der Waals surface area (Å²) in [5, 5.41) is 0. The fourth-order valence-electron chi connectivity index (χ4n) is 1.47. The molecular formula is C14H18O3. The second-order valence-electron chi connectivity index (χ2n) is 3.89. The quantitative estimate of drug-likeness (QED) is 0.315. The van der Waals surface area contributed by atoms with Gasteiger partial charge in [-0.05, 0) is 6.42 Å². The molecule has 0 heterocycles. The lowest BCUT2D eigenvalue weighted by Gasteiger charge is -2.03. The molecule has 0 unspecified atom stereocenters. The van der Waals surface area contributed by atoms with Crippen molar-refractivity contribution in [3.63, 3.8) is 0 Å². The van der Waals surface area contributed by atoms with E-state index in [0.717, 1.165) is 25.7 Å². The summed E-state index contributed by atoms with van der Waals surface area (Å²) in [5.74, 6) is -1.33. The van der Waals surface area contributed by atoms with Crippen molar-refractivity contribution in [3.8, 4) is 0 Å². The number of esters is 1. The van der Waals surface area contributed by atoms with Gasteiger partial charge in [-0.3, -0.25) is 4.79 Å². The van der Waals surface area contributed by atoms with Crippen molar-refractivity contribution in [1.82, 2.24) is 0 Å². The van der Waals surface area contributed by atoms with Crippen molar-refractivity contribution in [3.05, 3.63) is 35.9 Å². The molecule has 0 aliphatic rings. The molecular weight excluding hydrogens is 216 g/mol. The Balaban J connectivity index is 2.31. The average Bonchev–Trinajstić information content (AvgIpc) is 2.38. The molecule has 17 heavy (non-hydrogen) atoms. The maximum absolute atomic E-state index is 11.6. The maximum Gasteiger partial charge on any atom is 0.379 e. The lowest BCUT2D eigenvalue weighted by atomic mass is 10.1. The third-order valence-corrected chi connectivity index (χ3v) is 2.45. The Morgan fingerprint density at radius 2 is 1.76 bits per heavy atom. The number of carbonyl (C=O) groups excluding carboxylic acids is 2. The third-order valence-electron chi connectivity index (χ3n) is 2.45. The van der Waals surface area contributed by atoms with Gasteiger partial charge >= 0.3 is 5.97 Å². The number of unbranched alkanes of at least 4 members (excludes halogenated alkanes) is 3. The molecule has 0 atom stereocenters. The molecule has 0 aliphatic heterocycles. The second kappa shape index (κ2) is 7.60. The van der Waals surface area contributed by atoms with Gasteiger partial charge in [0.05, 0.1) is 6.61 Å². The Morgan fingerprint density at radius 3 is 2.41 bits per heavy atom. The lowest BCUT2D eigenvalue weighted by molar-refractivity contribution is -0.138. The van der Waals surface area contributed by atoms with Gasteiger partial charge in [-0.1, -0.05) is 56.5 Å². The van der Waals surface area contributed by atoms with Crippen molar-refractivity contribution in [2.45, 2.75) is 32.6 Å². The number of rotatable bonds is 7. The molecule has 92 valence electrons. The van der Waals surface area contributed by atoms with E-state index < -0.39 is 11.8 Å². The smallest absolute Gasteiger partial charge is 0.379 e. The largest absolute Gasteiger partial charge is 0.460 e. The first-order valence-electron chi connectivity index (χ1n) is 6.02. The van der Waals surface area contributed by atoms with Crippen LogP contribution in [0.5, 0.6) is 0 Å². The van der Waals surface area contributed by atoms with Crippen LogP contribution in [0.15, 0.2) is 30.3 Å². The lowest BCUT2D eigenvalue weighted by Crippen LogP contribution is -2.18. The summed E-state index contributed by atoms with van der Waals surface area (Å²) in [6.45, 7) is 2.45. The molecule has 0 fully saturated rings. The first kappa shape index (κ1) is 13.4. The van der Waals surface area contributed by atoms with Gasteiger partial charge < -0.3 is 4.74 Å². The van der Waals surface area contributed by atoms with Crippen LogP contribution >= 0.6 is 0 Å². The summed E-state index contributed by atoms with van der Waals surface area (Å²) in [7, 11) is 0. The molecule has 0 N–H and O–H groups in total. The average molecular weight is 234 g/mol. The number of ketones is 1. The van der Waals surface area contributed by atoms with E-state index in [1.165, 1.54) is 0 Å². The minimum Gasteiger partial charge on any atom is -0.460 e. The number of hydrogen-bond donors (Lipinski definition) is 0. The van der Waals surface area contributed by atoms with E-state index in [9.17, 15) is 9.59 Å². The summed E-state index contributed by atoms with van der Waals surface area (Å²) in [5.41, 5.74) is 0.381. The molecule has 3 nitrogen and oxygen atoms in total. The van der Waals surface area contributed by atoms with E-state index in [2.05, 4.69) is 6.92 Å². The van der Waals surface area contributed by atoms with Gasteiger partial charge in [-0.15, -0.1) is 0 Å². The molecule has 0 radical (unpaired) electrons. The number of hydrogen-bond acceptors (Lipinski definition) is 3. The van der Waals surface area contributed by atoms with Crippen LogP contribution in [-0.4, -0.2) is 18.4 Å². The number of ether oxygens (including phenoxy) is 1. The van der Waals surface area contributed by atoms with Gasteiger partial charge in [0.15, 0.2) is 0 Å². The summed E-state index contributed by atoms with van der Waals surface area (Å²) in [6.07, 6.45) is 4.12. The van der Waals surface area contributed by atoms with Crippen LogP contribution in [-0.2, 0) is 9.53 Å². The molecule has 0 spiro atoms. The van der Waals surface area contributed by atoms with Crippen molar-refractivity contribution in [2.75, 3.05) is 6.61 Å². The highest BCUT2D eigenvalue weighted by Gasteiger charge is 2.16. The van der Waals surface area contributed by atoms with E-state index >= 15 is 0 Å². The van der Waals surface area contributed by atoms with Crippen LogP contribution in [0.3, 0.4) is 0 Å². The van der Waals surface area contributed by atoms with Gasteiger partial charge in [-0.2, -0.15) is 0 Å². The molecule has 0 amide bonds. The van der Waals surface area contributed by atoms with Crippen molar-refractivity contribution >= 4 is 11.8 Å². The summed E-state index contributed by atoms with van der Waals surface area (Å²) >= 11 is 0. The number of Topliss-reactive ketones (excluding diaryl/α,β-unsaturated/α-hetero) is 1. The van der Waals surface area contributed by atoms with Crippen molar-refractivity contribution in [1.29, 1.82) is 0 Å². The van der Waals surface area contributed by atoms with Crippen molar-refractivity contribution < 1.29 is 14.3 Å². The van der Waals surface area contributed by atoms with Crippen LogP contribution in [0.1, 0.15) is 43.0 Å². The first-order valence-corrected chi connectivity index (χ1v) is 6.02. The Labute approximate surface area is 102 Å². The highest BCUT2D eigenvalue weighted by molar-refractivity contribution is 6.40. The second-order valence-corrected chi connectivity index (χ2v) is 3.89. The molecule has 1 aromatic carbocycles. The minimum atomic E-state index is -0.757. The van der Waals surface area contributed by atoms with Gasteiger partial charge in [-0.25, -0.2) is 4.79 Å². The van der Waals surface area contributed by atoms with Crippen LogP contribution in [0.25, 0.3) is 0 Å². The van der Waals surface area contributed by atoms with E-state index in [1.54, 1.807) is 30.3 Å². The standard InChI is InChI=1S/C14H18O3/c1-2-3-4-8-11-17-14(16)13(15)12-9-6-5-7-10-12/h5-7,9-10H,2-4,8,11H2,1H3. The molecule has 1 aromatic rings. The Kier molecular flexibility index (Phi) is 6.00. The zero-order chi connectivity index (χ0) is 12.5. The fourth-order valence-corrected chi connectivity index (χ4v) is 1.47. The van der Waals surface area contributed by atoms with Crippen LogP contribution in [0.4, 0.5) is 0 Å². The number of carbonyl (C=O) groups is 2. The highest BCUT2D eigenvalue weighted by Crippen LogP contribution is 2.03. The predicted molar refractivity (Wildman–Crippen MR) is 65.9 cm³/mol. The Hall–Kier alpha value is -1.64. The minimum absolute atomic E-state index is 0.331. The topological polar surface area (TPSA) is 43.4 Å². The zero-order valence-electron chi connectivity index (χ0n) is 10.1. The monoisotopic (exact) mass is 234 g/mol. The molecule has 0 aliphatic carbocycles. The molecule has 1 rings (SSSR count). The fraction of sp³-hybridized carbons (Fsp3) is 0.429. The highest BCUT2D eigenvalue weighted by atomic mass is 16.5. The zero-order valence-corrected chi connectivity index (χ0v) is 10.1. The summed E-state index contributed by atoms with van der Waals surface area (Å²) < 4.78 is 4.92. The SMILES string of the molecule is CCCCCCOC(=O)C(=O)c1ccccc1. The van der Waals surface area contributed by atoms with Crippen LogP contribution in [0, 0.1) is 0 Å². The van der Waals surface area contributed by atoms with E-state index in [0.29, 0.717) is 12.2 Å². The number of benzene rings is 1. The van der Waals surface area contributed by atoms with Crippen molar-refractivity contribution in [2.24, 2.45) is 0 Å². The molecule has 3 heteroatoms. The van der Waals surface area contributed by atoms with E-state index in [-0.39, 0.29) is 0 Å². The Bertz CT molecular complexity index is 357. The first-order chi connectivity index (χ1) is 8.25. The molecule has 0 saturated carbocycles. The maximum atomic E-state index is 11.6. The van der Waals surface area contributed by atoms with Crippen LogP contribution in [0.2, 0.25) is 0 Å². The Morgan fingerprint density at radius 1 is 1.06 bits per heavy atom. The summed E-state index contributed by atoms with van der Waals surface area (Å²) in [6, 6.07) is 8.47. The molecule has 0 bridgehead atoms. The predicted octanol–water partition coefficient (Wildman–Crippen LogP) is 2.99. The van der Waals surface area contributed by atoms with Crippen LogP contribution < -0.4 is 0 Å². The van der Waals surface area contributed by atoms with E-state index in [4.69, 9.17) is 4.74 Å². The molecule has 0 saturated heterocycles. The third kappa shape index (κ3) is 4.81.